The molecular weight excluding hydrogens is 212 g/mol. The number of carbonyl (C=O) groups is 1. The summed E-state index contributed by atoms with van der Waals surface area (Å²) < 4.78 is 15.9. The van der Waals surface area contributed by atoms with Gasteiger partial charge < -0.3 is 14.2 Å². The molecule has 0 bridgehead atoms. The first-order valence-electron chi connectivity index (χ1n) is 4.69. The van der Waals surface area contributed by atoms with Crippen molar-refractivity contribution >= 4 is 5.91 Å². The fraction of sp³-hybridized carbons (Fsp3) is 0.300. The summed E-state index contributed by atoms with van der Waals surface area (Å²) in [6.07, 6.45) is 0. The first-order chi connectivity index (χ1) is 7.72. The summed E-state index contributed by atoms with van der Waals surface area (Å²) in [6, 6.07) is 7.01. The topological polar surface area (TPSA) is 82.8 Å². The number of hydrogen-bond donors (Lipinski definition) is 2. The Hall–Kier alpha value is -1.79. The number of rotatable bonds is 2. The molecule has 0 spiro atoms. The molecule has 6 heteroatoms. The lowest BCUT2D eigenvalue weighted by Crippen LogP contribution is -2.59. The number of methoxy groups -OCH3 is 1. The van der Waals surface area contributed by atoms with Crippen LogP contribution in [0, 0.1) is 0 Å². The van der Waals surface area contributed by atoms with Crippen molar-refractivity contribution in [2.24, 2.45) is 5.84 Å². The van der Waals surface area contributed by atoms with Gasteiger partial charge in [0, 0.05) is 7.11 Å². The number of carbonyl (C=O) groups excluding carboxylic acids is 1. The van der Waals surface area contributed by atoms with Crippen molar-refractivity contribution in [3.63, 3.8) is 0 Å². The third kappa shape index (κ3) is 1.58. The van der Waals surface area contributed by atoms with Crippen molar-refractivity contribution in [3.05, 3.63) is 24.3 Å². The number of benzene rings is 1. The standard InChI is InChI=1S/C10H12N2O4/c1-14-10(9(13)12-11)6-15-7-4-2-3-5-8(7)16-10/h2-5H,6,11H2,1H3,(H,12,13). The SMILES string of the molecule is COC1(C(=O)NN)COc2ccccc2O1. The van der Waals surface area contributed by atoms with Crippen LogP contribution in [-0.2, 0) is 9.53 Å². The van der Waals surface area contributed by atoms with Crippen LogP contribution in [0.15, 0.2) is 24.3 Å². The van der Waals surface area contributed by atoms with Crippen molar-refractivity contribution < 1.29 is 19.0 Å². The quantitative estimate of drug-likeness (QED) is 0.412. The molecule has 1 atom stereocenters. The molecule has 86 valence electrons. The molecule has 1 aliphatic rings. The van der Waals surface area contributed by atoms with Gasteiger partial charge in [0.05, 0.1) is 0 Å². The summed E-state index contributed by atoms with van der Waals surface area (Å²) in [5, 5.41) is 0. The van der Waals surface area contributed by atoms with Crippen molar-refractivity contribution in [2.75, 3.05) is 13.7 Å². The summed E-state index contributed by atoms with van der Waals surface area (Å²) in [6.45, 7) is -0.0520. The molecule has 16 heavy (non-hydrogen) atoms. The number of para-hydroxylation sites is 2. The lowest BCUT2D eigenvalue weighted by atomic mass is 10.2. The van der Waals surface area contributed by atoms with Gasteiger partial charge in [-0.05, 0) is 12.1 Å². The Morgan fingerprint density at radius 2 is 2.19 bits per heavy atom. The highest BCUT2D eigenvalue weighted by atomic mass is 16.7. The Morgan fingerprint density at radius 1 is 1.50 bits per heavy atom. The molecule has 0 aromatic heterocycles. The number of hydrogen-bond acceptors (Lipinski definition) is 5. The van der Waals surface area contributed by atoms with E-state index in [2.05, 4.69) is 0 Å². The minimum absolute atomic E-state index is 0.0520. The van der Waals surface area contributed by atoms with Gasteiger partial charge in [-0.2, -0.15) is 0 Å². The Kier molecular flexibility index (Phi) is 2.67. The van der Waals surface area contributed by atoms with E-state index in [1.807, 2.05) is 11.5 Å². The number of fused-ring (bicyclic) bond motifs is 1. The number of ether oxygens (including phenoxy) is 3. The van der Waals surface area contributed by atoms with Crippen molar-refractivity contribution in [1.29, 1.82) is 0 Å². The number of amides is 1. The minimum atomic E-state index is -1.52. The second kappa shape index (κ2) is 3.99. The van der Waals surface area contributed by atoms with Crippen LogP contribution < -0.4 is 20.7 Å². The second-order valence-corrected chi connectivity index (χ2v) is 3.27. The minimum Gasteiger partial charge on any atom is -0.482 e. The lowest BCUT2D eigenvalue weighted by Gasteiger charge is -2.34. The molecule has 2 rings (SSSR count). The number of hydrazine groups is 1. The second-order valence-electron chi connectivity index (χ2n) is 3.27. The van der Waals surface area contributed by atoms with Crippen molar-refractivity contribution in [3.8, 4) is 11.5 Å². The zero-order valence-corrected chi connectivity index (χ0v) is 8.73. The van der Waals surface area contributed by atoms with Crippen LogP contribution in [0.1, 0.15) is 0 Å². The van der Waals surface area contributed by atoms with Crippen LogP contribution in [-0.4, -0.2) is 25.4 Å². The number of nitrogens with two attached hydrogens (primary N) is 1. The Bertz CT molecular complexity index is 410. The predicted octanol–water partition coefficient (Wildman–Crippen LogP) is -0.210. The van der Waals surface area contributed by atoms with E-state index in [9.17, 15) is 4.79 Å². The van der Waals surface area contributed by atoms with Gasteiger partial charge in [-0.1, -0.05) is 12.1 Å². The first-order valence-corrected chi connectivity index (χ1v) is 4.69. The summed E-state index contributed by atoms with van der Waals surface area (Å²) in [5.41, 5.74) is 1.99. The molecule has 0 aliphatic carbocycles. The molecule has 1 unspecified atom stereocenters. The third-order valence-electron chi connectivity index (χ3n) is 2.35. The highest BCUT2D eigenvalue weighted by Gasteiger charge is 2.45. The van der Waals surface area contributed by atoms with Gasteiger partial charge in [0.25, 0.3) is 0 Å². The van der Waals surface area contributed by atoms with E-state index in [0.717, 1.165) is 0 Å². The van der Waals surface area contributed by atoms with Crippen LogP contribution in [0.5, 0.6) is 11.5 Å². The monoisotopic (exact) mass is 224 g/mol. The van der Waals surface area contributed by atoms with Gasteiger partial charge in [0.15, 0.2) is 18.1 Å². The van der Waals surface area contributed by atoms with Crippen LogP contribution in [0.25, 0.3) is 0 Å². The van der Waals surface area contributed by atoms with Crippen LogP contribution in [0.4, 0.5) is 0 Å². The molecule has 1 aromatic carbocycles. The van der Waals surface area contributed by atoms with Gasteiger partial charge >= 0.3 is 11.7 Å². The molecule has 0 saturated heterocycles. The van der Waals surface area contributed by atoms with Gasteiger partial charge in [-0.3, -0.25) is 10.2 Å². The highest BCUT2D eigenvalue weighted by Crippen LogP contribution is 2.35. The molecular formula is C10H12N2O4. The summed E-state index contributed by atoms with van der Waals surface area (Å²) in [4.78, 5) is 11.6. The van der Waals surface area contributed by atoms with Crippen LogP contribution in [0.3, 0.4) is 0 Å². The molecule has 1 aliphatic heterocycles. The predicted molar refractivity (Wildman–Crippen MR) is 54.6 cm³/mol. The van der Waals surface area contributed by atoms with E-state index in [0.29, 0.717) is 11.5 Å². The zero-order valence-electron chi connectivity index (χ0n) is 8.73. The Labute approximate surface area is 92.2 Å². The summed E-state index contributed by atoms with van der Waals surface area (Å²) in [5.74, 6) is 3.96. The van der Waals surface area contributed by atoms with Gasteiger partial charge in [-0.25, -0.2) is 5.84 Å². The van der Waals surface area contributed by atoms with Crippen LogP contribution >= 0.6 is 0 Å². The molecule has 1 heterocycles. The van der Waals surface area contributed by atoms with E-state index in [4.69, 9.17) is 20.1 Å². The lowest BCUT2D eigenvalue weighted by molar-refractivity contribution is -0.202. The van der Waals surface area contributed by atoms with Crippen molar-refractivity contribution in [2.45, 2.75) is 5.79 Å². The fourth-order valence-electron chi connectivity index (χ4n) is 1.45. The van der Waals surface area contributed by atoms with Crippen molar-refractivity contribution in [1.82, 2.24) is 5.43 Å². The Balaban J connectivity index is 2.32. The van der Waals surface area contributed by atoms with E-state index in [1.165, 1.54) is 7.11 Å². The van der Waals surface area contributed by atoms with Crippen LogP contribution in [0.2, 0.25) is 0 Å². The zero-order chi connectivity index (χ0) is 11.6. The molecule has 3 N–H and O–H groups in total. The van der Waals surface area contributed by atoms with E-state index in [1.54, 1.807) is 18.2 Å². The molecule has 0 saturated carbocycles. The summed E-state index contributed by atoms with van der Waals surface area (Å²) in [7, 11) is 1.35. The third-order valence-corrected chi connectivity index (χ3v) is 2.35. The molecule has 1 amide bonds. The maximum atomic E-state index is 11.6. The average molecular weight is 224 g/mol. The fourth-order valence-corrected chi connectivity index (χ4v) is 1.45. The maximum absolute atomic E-state index is 11.6. The number of nitrogens with one attached hydrogen (secondary N) is 1. The van der Waals surface area contributed by atoms with Gasteiger partial charge in [0.2, 0.25) is 0 Å². The highest BCUT2D eigenvalue weighted by molar-refractivity contribution is 5.84. The summed E-state index contributed by atoms with van der Waals surface area (Å²) >= 11 is 0. The maximum Gasteiger partial charge on any atom is 0.327 e. The molecule has 0 fully saturated rings. The largest absolute Gasteiger partial charge is 0.482 e. The molecule has 6 nitrogen and oxygen atoms in total. The van der Waals surface area contributed by atoms with Gasteiger partial charge in [-0.15, -0.1) is 0 Å². The van der Waals surface area contributed by atoms with E-state index < -0.39 is 11.7 Å². The molecule has 0 radical (unpaired) electrons. The Morgan fingerprint density at radius 3 is 2.81 bits per heavy atom. The smallest absolute Gasteiger partial charge is 0.327 e. The van der Waals surface area contributed by atoms with E-state index >= 15 is 0 Å². The van der Waals surface area contributed by atoms with Gasteiger partial charge in [0.1, 0.15) is 0 Å². The normalized spacial score (nSPS) is 22.6. The molecule has 1 aromatic rings. The first kappa shape index (κ1) is 10.7. The van der Waals surface area contributed by atoms with E-state index in [-0.39, 0.29) is 6.61 Å². The average Bonchev–Trinajstić information content (AvgIpc) is 2.37.